The van der Waals surface area contributed by atoms with Crippen LogP contribution < -0.4 is 0 Å². The van der Waals surface area contributed by atoms with Gasteiger partial charge in [0.15, 0.2) is 31.4 Å². The van der Waals surface area contributed by atoms with Crippen molar-refractivity contribution in [3.8, 4) is 34.4 Å². The molecule has 3 fully saturated rings. The van der Waals surface area contributed by atoms with Gasteiger partial charge in [0, 0.05) is 36.5 Å². The summed E-state index contributed by atoms with van der Waals surface area (Å²) in [6.45, 7) is 49.6. The van der Waals surface area contributed by atoms with Crippen LogP contribution >= 0.6 is 0 Å². The molecule has 3 aromatic carbocycles. The first kappa shape index (κ1) is 88.3. The summed E-state index contributed by atoms with van der Waals surface area (Å²) in [6, 6.07) is 24.1. The van der Waals surface area contributed by atoms with Gasteiger partial charge in [-0.05, 0) is 272 Å². The van der Waals surface area contributed by atoms with Gasteiger partial charge < -0.3 is 55.9 Å². The summed E-state index contributed by atoms with van der Waals surface area (Å²) in [4.78, 5) is 60.0. The van der Waals surface area contributed by atoms with Crippen LogP contribution in [0.1, 0.15) is 237 Å². The number of hydrogen-bond acceptors (Lipinski definition) is 18. The number of aliphatic carboxylic acids is 1. The Labute approximate surface area is 634 Å². The van der Waals surface area contributed by atoms with E-state index in [9.17, 15) is 24.3 Å². The Kier molecular flexibility index (Phi) is 32.6. The van der Waals surface area contributed by atoms with E-state index >= 15 is 0 Å². The molecule has 0 spiro atoms. The van der Waals surface area contributed by atoms with Crippen LogP contribution in [0, 0.1) is 77.0 Å². The van der Waals surface area contributed by atoms with E-state index in [0.717, 1.165) is 104 Å². The average molecular weight is 1490 g/mol. The van der Waals surface area contributed by atoms with Crippen molar-refractivity contribution in [1.82, 2.24) is 15.0 Å². The van der Waals surface area contributed by atoms with E-state index in [0.29, 0.717) is 117 Å². The second kappa shape index (κ2) is 39.1. The SMILES string of the molecule is CC(C)(C)OC(=O)C(C)(C)OCC1CCCC(CO[Si](C)(C)C(C)(C)C)C1.Cc1ccc(-c2nc(C=O)c(C)o2)cc1.Cc1ccc(-c2nc(COCC3CCCC(COC(C)(C)C(=O)O)C3)c(C)o2)cc1.Cc1ccc(-c2nc(COCC3CCCC(COC(C)(C)C(=O)OC(C)(C)C)C3)c(C)o2)cc1. The van der Waals surface area contributed by atoms with Gasteiger partial charge in [-0.2, -0.15) is 0 Å². The number of nitrogens with zero attached hydrogens (tertiary/aromatic N) is 3. The number of aryl methyl sites for hydroxylation is 6. The monoisotopic (exact) mass is 1490 g/mol. The first-order valence-corrected chi connectivity index (χ1v) is 41.3. The third-order valence-corrected chi connectivity index (χ3v) is 24.8. The van der Waals surface area contributed by atoms with Crippen LogP contribution in [0.15, 0.2) is 86.0 Å². The maximum absolute atomic E-state index is 12.4. The predicted octanol–water partition coefficient (Wildman–Crippen LogP) is 20.3. The Bertz CT molecular complexity index is 3690. The van der Waals surface area contributed by atoms with Crippen LogP contribution in [0.3, 0.4) is 0 Å². The van der Waals surface area contributed by atoms with E-state index in [4.69, 9.17) is 50.8 Å². The Morgan fingerprint density at radius 1 is 0.443 bits per heavy atom. The molecule has 9 rings (SSSR count). The lowest BCUT2D eigenvalue weighted by Crippen LogP contribution is -2.43. The Morgan fingerprint density at radius 3 is 1.05 bits per heavy atom. The number of hydrogen-bond donors (Lipinski definition) is 1. The van der Waals surface area contributed by atoms with Crippen molar-refractivity contribution in [3.05, 3.63) is 124 Å². The molecule has 0 aliphatic heterocycles. The Morgan fingerprint density at radius 2 is 0.745 bits per heavy atom. The highest BCUT2D eigenvalue weighted by molar-refractivity contribution is 6.74. The molecule has 0 bridgehead atoms. The van der Waals surface area contributed by atoms with E-state index < -0.39 is 42.3 Å². The molecular weight excluding hydrogens is 1360 g/mol. The molecule has 6 unspecified atom stereocenters. The van der Waals surface area contributed by atoms with Gasteiger partial charge in [-0.3, -0.25) is 4.79 Å². The van der Waals surface area contributed by atoms with Crippen molar-refractivity contribution in [1.29, 1.82) is 0 Å². The van der Waals surface area contributed by atoms with Gasteiger partial charge in [0.1, 0.15) is 45.6 Å². The maximum atomic E-state index is 12.4. The molecule has 106 heavy (non-hydrogen) atoms. The lowest BCUT2D eigenvalue weighted by Gasteiger charge is -2.39. The topological polar surface area (TPSA) is 240 Å². The molecule has 0 radical (unpaired) electrons. The number of aldehydes is 1. The number of carbonyl (C=O) groups is 4. The van der Waals surface area contributed by atoms with Crippen LogP contribution in [0.5, 0.6) is 0 Å². The van der Waals surface area contributed by atoms with Crippen LogP contribution in [0.25, 0.3) is 34.4 Å². The smallest absolute Gasteiger partial charge is 0.338 e. The van der Waals surface area contributed by atoms with Gasteiger partial charge in [-0.15, -0.1) is 0 Å². The van der Waals surface area contributed by atoms with Gasteiger partial charge in [0.25, 0.3) is 0 Å². The fourth-order valence-corrected chi connectivity index (χ4v) is 13.4. The van der Waals surface area contributed by atoms with Crippen molar-refractivity contribution >= 4 is 32.5 Å². The van der Waals surface area contributed by atoms with E-state index in [1.54, 1.807) is 34.6 Å². The van der Waals surface area contributed by atoms with Crippen LogP contribution in [0.2, 0.25) is 18.1 Å². The number of benzene rings is 3. The Balaban J connectivity index is 0.000000228. The Hall–Kier alpha value is -6.65. The molecule has 3 aromatic heterocycles. The minimum Gasteiger partial charge on any atom is -0.479 e. The predicted molar refractivity (Wildman–Crippen MR) is 418 cm³/mol. The summed E-state index contributed by atoms with van der Waals surface area (Å²) in [5, 5.41) is 9.45. The highest BCUT2D eigenvalue weighted by atomic mass is 28.4. The molecule has 3 aliphatic rings. The molecule has 1 N–H and O–H groups in total. The second-order valence-corrected chi connectivity index (χ2v) is 39.6. The average Bonchev–Trinajstić information content (AvgIpc) is 1.81. The number of carbonyl (C=O) groups excluding carboxylic acids is 3. The van der Waals surface area contributed by atoms with E-state index in [1.807, 2.05) is 137 Å². The molecule has 20 heteroatoms. The molecule has 3 heterocycles. The van der Waals surface area contributed by atoms with Crippen LogP contribution in [-0.4, -0.2) is 120 Å². The molecule has 3 aliphatic carbocycles. The number of esters is 2. The highest BCUT2D eigenvalue weighted by Crippen LogP contribution is 2.40. The van der Waals surface area contributed by atoms with Crippen molar-refractivity contribution in [2.24, 2.45) is 35.5 Å². The lowest BCUT2D eigenvalue weighted by atomic mass is 9.82. The zero-order chi connectivity index (χ0) is 78.6. The standard InChI is InChI=1S/C28H41NO5.C24H33NO5.C22H44O4Si.C12H11NO2/c1-19-11-13-23(14-12-19)25-29-24(20(2)33-25)18-31-16-21-9-8-10-22(15-21)17-32-28(6,7)26(30)34-27(3,4)5;1-16-8-10-20(11-9-16)22-25-21(17(2)30-22)15-28-13-18-6-5-7-19(12-18)14-29-24(3,4)23(26)27;1-20(2,3)26-19(23)22(7,8)24-15-17-12-11-13-18(14-17)16-25-27(9,10)21(4,5)6;1-8-3-5-10(6-4-8)12-13-11(7-14)9(2)15-12/h11-14,21-22H,8-10,15-18H2,1-7H3;8-11,18-19H,5-7,12-15H2,1-4H3,(H,26,27);17-18H,11-16H2,1-10H3;3-7H,1-2H3. The first-order valence-electron chi connectivity index (χ1n) is 38.4. The highest BCUT2D eigenvalue weighted by Gasteiger charge is 2.40. The number of rotatable bonds is 27. The number of carboxylic acid groups (broad SMARTS) is 1. The van der Waals surface area contributed by atoms with Gasteiger partial charge in [0.05, 0.1) is 33.0 Å². The third kappa shape index (κ3) is 29.1. The number of carboxylic acids is 1. The van der Waals surface area contributed by atoms with Crippen molar-refractivity contribution in [3.63, 3.8) is 0 Å². The first-order chi connectivity index (χ1) is 49.4. The van der Waals surface area contributed by atoms with Crippen molar-refractivity contribution in [2.75, 3.05) is 39.6 Å². The molecule has 3 saturated carbocycles. The fourth-order valence-electron chi connectivity index (χ4n) is 12.4. The van der Waals surface area contributed by atoms with Gasteiger partial charge in [0.2, 0.25) is 17.7 Å². The quantitative estimate of drug-likeness (QED) is 0.0286. The molecule has 588 valence electrons. The molecular formula is C86H129N3O16Si. The van der Waals surface area contributed by atoms with Gasteiger partial charge in [-0.25, -0.2) is 29.3 Å². The number of aromatic nitrogens is 3. The van der Waals surface area contributed by atoms with Gasteiger partial charge >= 0.3 is 17.9 Å². The molecule has 19 nitrogen and oxygen atoms in total. The molecule has 0 saturated heterocycles. The summed E-state index contributed by atoms with van der Waals surface area (Å²) in [5.74, 6) is 5.22. The normalized spacial score (nSPS) is 19.0. The van der Waals surface area contributed by atoms with E-state index in [-0.39, 0.29) is 17.0 Å². The summed E-state index contributed by atoms with van der Waals surface area (Å²) in [5.41, 5.74) is 4.47. The maximum Gasteiger partial charge on any atom is 0.338 e. The second-order valence-electron chi connectivity index (χ2n) is 34.8. The van der Waals surface area contributed by atoms with Crippen molar-refractivity contribution < 1.29 is 75.1 Å². The number of oxazole rings is 3. The molecule has 6 aromatic rings. The van der Waals surface area contributed by atoms with Crippen LogP contribution in [0.4, 0.5) is 0 Å². The minimum absolute atomic E-state index is 0.252. The van der Waals surface area contributed by atoms with Gasteiger partial charge in [-0.1, -0.05) is 93.1 Å². The summed E-state index contributed by atoms with van der Waals surface area (Å²) < 4.78 is 64.3. The molecule has 0 amide bonds. The summed E-state index contributed by atoms with van der Waals surface area (Å²) >= 11 is 0. The van der Waals surface area contributed by atoms with E-state index in [2.05, 4.69) is 74.8 Å². The fraction of sp³-hybridized carbons (Fsp3) is 0.640. The minimum atomic E-state index is -1.69. The van der Waals surface area contributed by atoms with Crippen molar-refractivity contribution in [2.45, 2.75) is 282 Å². The van der Waals surface area contributed by atoms with E-state index in [1.165, 1.54) is 36.0 Å². The zero-order valence-electron chi connectivity index (χ0n) is 68.5. The summed E-state index contributed by atoms with van der Waals surface area (Å²) in [6.07, 6.45) is 14.2. The number of ether oxygens (including phenoxy) is 7. The molecule has 6 atom stereocenters. The largest absolute Gasteiger partial charge is 0.479 e. The third-order valence-electron chi connectivity index (χ3n) is 20.3. The lowest BCUT2D eigenvalue weighted by molar-refractivity contribution is -0.182. The summed E-state index contributed by atoms with van der Waals surface area (Å²) in [7, 11) is -1.69. The zero-order valence-corrected chi connectivity index (χ0v) is 69.5. The van der Waals surface area contributed by atoms with Crippen LogP contribution in [-0.2, 0) is 65.2 Å².